The number of ether oxygens (including phenoxy) is 1. The summed E-state index contributed by atoms with van der Waals surface area (Å²) in [5, 5.41) is 4.08. The molecule has 0 fully saturated rings. The predicted molar refractivity (Wildman–Crippen MR) is 81.3 cm³/mol. The van der Waals surface area contributed by atoms with Crippen LogP contribution in [-0.4, -0.2) is 23.7 Å². The van der Waals surface area contributed by atoms with E-state index in [9.17, 15) is 4.79 Å². The van der Waals surface area contributed by atoms with E-state index in [1.54, 1.807) is 19.5 Å². The third kappa shape index (κ3) is 4.42. The third-order valence-corrected chi connectivity index (χ3v) is 2.95. The van der Waals surface area contributed by atoms with Crippen molar-refractivity contribution >= 4 is 11.6 Å². The maximum atomic E-state index is 11.8. The fourth-order valence-electron chi connectivity index (χ4n) is 1.76. The van der Waals surface area contributed by atoms with Gasteiger partial charge in [-0.1, -0.05) is 18.2 Å². The Morgan fingerprint density at radius 1 is 1.29 bits per heavy atom. The first-order valence-electron chi connectivity index (χ1n) is 6.55. The molecule has 0 radical (unpaired) electrons. The van der Waals surface area contributed by atoms with Gasteiger partial charge in [0.05, 0.1) is 19.2 Å². The van der Waals surface area contributed by atoms with Gasteiger partial charge in [0.15, 0.2) is 0 Å². The summed E-state index contributed by atoms with van der Waals surface area (Å²) in [6, 6.07) is 11.1. The molecule has 2 rings (SSSR count). The number of hydrogen-bond donors (Lipinski definition) is 1. The SMILES string of the molecule is COc1ccc(CC(=O)N/N=C(/C)c2cccnc2)cc1. The van der Waals surface area contributed by atoms with E-state index in [2.05, 4.69) is 15.5 Å². The summed E-state index contributed by atoms with van der Waals surface area (Å²) >= 11 is 0. The molecule has 1 N–H and O–H groups in total. The number of hydrazone groups is 1. The molecule has 1 heterocycles. The van der Waals surface area contributed by atoms with Crippen molar-refractivity contribution in [3.8, 4) is 5.75 Å². The summed E-state index contributed by atoms with van der Waals surface area (Å²) < 4.78 is 5.07. The first-order chi connectivity index (χ1) is 10.2. The number of hydrogen-bond acceptors (Lipinski definition) is 4. The highest BCUT2D eigenvalue weighted by atomic mass is 16.5. The van der Waals surface area contributed by atoms with Gasteiger partial charge in [0.2, 0.25) is 5.91 Å². The molecule has 1 aromatic carbocycles. The van der Waals surface area contributed by atoms with Crippen LogP contribution in [0.15, 0.2) is 53.9 Å². The van der Waals surface area contributed by atoms with Gasteiger partial charge in [-0.25, -0.2) is 5.43 Å². The van der Waals surface area contributed by atoms with Crippen molar-refractivity contribution in [3.05, 3.63) is 59.9 Å². The zero-order chi connectivity index (χ0) is 15.1. The second-order valence-corrected chi connectivity index (χ2v) is 4.50. The van der Waals surface area contributed by atoms with Gasteiger partial charge in [-0.2, -0.15) is 5.10 Å². The molecule has 5 nitrogen and oxygen atoms in total. The Bertz CT molecular complexity index is 622. The van der Waals surface area contributed by atoms with E-state index in [1.807, 2.05) is 43.3 Å². The molecule has 1 aromatic heterocycles. The summed E-state index contributed by atoms with van der Waals surface area (Å²) in [5.74, 6) is 0.605. The van der Waals surface area contributed by atoms with Crippen LogP contribution in [0.1, 0.15) is 18.1 Å². The Kier molecular flexibility index (Phi) is 5.04. The molecule has 0 bridgehead atoms. The van der Waals surface area contributed by atoms with Crippen LogP contribution in [-0.2, 0) is 11.2 Å². The summed E-state index contributed by atoms with van der Waals surface area (Å²) in [6.45, 7) is 1.82. The standard InChI is InChI=1S/C16H17N3O2/c1-12(14-4-3-9-17-11-14)18-19-16(20)10-13-5-7-15(21-2)8-6-13/h3-9,11H,10H2,1-2H3,(H,19,20)/b18-12-. The monoisotopic (exact) mass is 283 g/mol. The fraction of sp³-hybridized carbons (Fsp3) is 0.188. The molecule has 1 amide bonds. The third-order valence-electron chi connectivity index (χ3n) is 2.95. The van der Waals surface area contributed by atoms with Crippen molar-refractivity contribution in [3.63, 3.8) is 0 Å². The quantitative estimate of drug-likeness (QED) is 0.675. The first-order valence-corrected chi connectivity index (χ1v) is 6.55. The average Bonchev–Trinajstić information content (AvgIpc) is 2.54. The topological polar surface area (TPSA) is 63.6 Å². The normalized spacial score (nSPS) is 11.0. The van der Waals surface area contributed by atoms with Crippen molar-refractivity contribution in [2.45, 2.75) is 13.3 Å². The van der Waals surface area contributed by atoms with Crippen LogP contribution in [0, 0.1) is 0 Å². The summed E-state index contributed by atoms with van der Waals surface area (Å²) in [4.78, 5) is 15.8. The minimum atomic E-state index is -0.164. The van der Waals surface area contributed by atoms with Crippen molar-refractivity contribution in [2.24, 2.45) is 5.10 Å². The molecule has 0 atom stereocenters. The van der Waals surface area contributed by atoms with Gasteiger partial charge in [-0.15, -0.1) is 0 Å². The van der Waals surface area contributed by atoms with Crippen LogP contribution in [0.2, 0.25) is 0 Å². The largest absolute Gasteiger partial charge is 0.497 e. The summed E-state index contributed by atoms with van der Waals surface area (Å²) in [5.41, 5.74) is 5.04. The predicted octanol–water partition coefficient (Wildman–Crippen LogP) is 2.17. The van der Waals surface area contributed by atoms with Crippen molar-refractivity contribution in [2.75, 3.05) is 7.11 Å². The number of aromatic nitrogens is 1. The van der Waals surface area contributed by atoms with Crippen LogP contribution in [0.4, 0.5) is 0 Å². The van der Waals surface area contributed by atoms with Gasteiger partial charge in [-0.05, 0) is 30.7 Å². The van der Waals surface area contributed by atoms with Crippen LogP contribution in [0.3, 0.4) is 0 Å². The van der Waals surface area contributed by atoms with Gasteiger partial charge in [0.25, 0.3) is 0 Å². The molecule has 0 aliphatic rings. The minimum Gasteiger partial charge on any atom is -0.497 e. The fourth-order valence-corrected chi connectivity index (χ4v) is 1.76. The van der Waals surface area contributed by atoms with Gasteiger partial charge < -0.3 is 4.74 Å². The van der Waals surface area contributed by atoms with E-state index in [0.29, 0.717) is 5.71 Å². The van der Waals surface area contributed by atoms with Gasteiger partial charge in [0, 0.05) is 18.0 Å². The average molecular weight is 283 g/mol. The molecule has 0 saturated heterocycles. The van der Waals surface area contributed by atoms with E-state index in [4.69, 9.17) is 4.74 Å². The Morgan fingerprint density at radius 2 is 2.05 bits per heavy atom. The lowest BCUT2D eigenvalue weighted by molar-refractivity contribution is -0.120. The zero-order valence-electron chi connectivity index (χ0n) is 12.0. The summed E-state index contributed by atoms with van der Waals surface area (Å²) in [7, 11) is 1.61. The first kappa shape index (κ1) is 14.7. The van der Waals surface area contributed by atoms with Gasteiger partial charge in [-0.3, -0.25) is 9.78 Å². The van der Waals surface area contributed by atoms with Crippen LogP contribution in [0.5, 0.6) is 5.75 Å². The molecule has 108 valence electrons. The van der Waals surface area contributed by atoms with Gasteiger partial charge >= 0.3 is 0 Å². The number of carbonyl (C=O) groups is 1. The Morgan fingerprint density at radius 3 is 2.67 bits per heavy atom. The lowest BCUT2D eigenvalue weighted by Crippen LogP contribution is -2.21. The number of benzene rings is 1. The molecule has 2 aromatic rings. The number of pyridine rings is 1. The van der Waals surface area contributed by atoms with E-state index in [-0.39, 0.29) is 12.3 Å². The number of methoxy groups -OCH3 is 1. The number of rotatable bonds is 5. The molecule has 0 unspecified atom stereocenters. The highest BCUT2D eigenvalue weighted by Gasteiger charge is 2.03. The zero-order valence-corrected chi connectivity index (χ0v) is 12.0. The Labute approximate surface area is 123 Å². The highest BCUT2D eigenvalue weighted by Crippen LogP contribution is 2.11. The van der Waals surface area contributed by atoms with E-state index in [0.717, 1.165) is 16.9 Å². The molecular formula is C16H17N3O2. The second kappa shape index (κ2) is 7.19. The maximum absolute atomic E-state index is 11.8. The molecule has 5 heteroatoms. The lowest BCUT2D eigenvalue weighted by atomic mass is 10.1. The van der Waals surface area contributed by atoms with Crippen molar-refractivity contribution in [1.82, 2.24) is 10.4 Å². The molecule has 0 aliphatic heterocycles. The maximum Gasteiger partial charge on any atom is 0.244 e. The van der Waals surface area contributed by atoms with E-state index in [1.165, 1.54) is 0 Å². The van der Waals surface area contributed by atoms with Crippen LogP contribution in [0.25, 0.3) is 0 Å². The van der Waals surface area contributed by atoms with Crippen molar-refractivity contribution in [1.29, 1.82) is 0 Å². The molecule has 0 aliphatic carbocycles. The Hall–Kier alpha value is -2.69. The molecule has 0 spiro atoms. The minimum absolute atomic E-state index is 0.164. The summed E-state index contributed by atoms with van der Waals surface area (Å²) in [6.07, 6.45) is 3.67. The van der Waals surface area contributed by atoms with Crippen LogP contribution >= 0.6 is 0 Å². The highest BCUT2D eigenvalue weighted by molar-refractivity contribution is 5.98. The van der Waals surface area contributed by atoms with Gasteiger partial charge in [0.1, 0.15) is 5.75 Å². The molecule has 21 heavy (non-hydrogen) atoms. The lowest BCUT2D eigenvalue weighted by Gasteiger charge is -2.04. The van der Waals surface area contributed by atoms with E-state index >= 15 is 0 Å². The second-order valence-electron chi connectivity index (χ2n) is 4.50. The number of nitrogens with one attached hydrogen (secondary N) is 1. The van der Waals surface area contributed by atoms with Crippen molar-refractivity contribution < 1.29 is 9.53 Å². The smallest absolute Gasteiger partial charge is 0.244 e. The molecular weight excluding hydrogens is 266 g/mol. The molecule has 0 saturated carbocycles. The Balaban J connectivity index is 1.92. The number of carbonyl (C=O) groups excluding carboxylic acids is 1. The van der Waals surface area contributed by atoms with Crippen LogP contribution < -0.4 is 10.2 Å². The number of amides is 1. The number of nitrogens with zero attached hydrogens (tertiary/aromatic N) is 2. The van der Waals surface area contributed by atoms with E-state index < -0.39 is 0 Å².